The Kier molecular flexibility index (Phi) is 3.94. The van der Waals surface area contributed by atoms with Crippen LogP contribution in [0.5, 0.6) is 0 Å². The summed E-state index contributed by atoms with van der Waals surface area (Å²) in [6.45, 7) is 6.18. The molecule has 0 aliphatic carbocycles. The predicted octanol–water partition coefficient (Wildman–Crippen LogP) is 1.24. The number of hydrogen-bond donors (Lipinski definition) is 1. The second-order valence-corrected chi connectivity index (χ2v) is 4.53. The van der Waals surface area contributed by atoms with Crippen LogP contribution in [-0.4, -0.2) is 14.2 Å². The molecule has 0 bridgehead atoms. The molecule has 0 saturated heterocycles. The molecule has 0 aromatic heterocycles. The van der Waals surface area contributed by atoms with Crippen molar-refractivity contribution in [2.75, 3.05) is 5.75 Å². The van der Waals surface area contributed by atoms with Gasteiger partial charge in [-0.1, -0.05) is 20.8 Å². The maximum absolute atomic E-state index is 10.1. The van der Waals surface area contributed by atoms with Crippen LogP contribution in [-0.2, 0) is 10.7 Å². The van der Waals surface area contributed by atoms with Crippen molar-refractivity contribution in [2.24, 2.45) is 5.41 Å². The van der Waals surface area contributed by atoms with Gasteiger partial charge in [-0.15, -0.1) is 0 Å². The monoisotopic (exact) mass is 163 g/mol. The average molecular weight is 163 g/mol. The second-order valence-electron chi connectivity index (χ2n) is 3.42. The summed E-state index contributed by atoms with van der Waals surface area (Å²) in [7, 11) is -2.18. The van der Waals surface area contributed by atoms with Gasteiger partial charge >= 0.3 is 0 Å². The summed E-state index contributed by atoms with van der Waals surface area (Å²) in [4.78, 5) is 0. The fraction of sp³-hybridized carbons (Fsp3) is 0.857. The van der Waals surface area contributed by atoms with Crippen molar-refractivity contribution in [1.82, 2.24) is 0 Å². The van der Waals surface area contributed by atoms with Gasteiger partial charge in [0.15, 0.2) is 0 Å². The normalized spacial score (nSPS) is 12.4. The van der Waals surface area contributed by atoms with Gasteiger partial charge in [0.05, 0.1) is 0 Å². The minimum Gasteiger partial charge on any atom is -0.232 e. The molecule has 0 amide bonds. The Hall–Kier alpha value is -0.0500. The van der Waals surface area contributed by atoms with Gasteiger partial charge in [0.2, 0.25) is 0 Å². The fourth-order valence-electron chi connectivity index (χ4n) is 0.603. The molecule has 1 radical (unpaired) electrons. The number of hydrogen-bond acceptors (Lipinski definition) is 2. The molecule has 0 heterocycles. The Morgan fingerprint density at radius 2 is 1.80 bits per heavy atom. The highest BCUT2D eigenvalue weighted by Crippen LogP contribution is 2.18. The van der Waals surface area contributed by atoms with E-state index in [1.807, 2.05) is 6.42 Å². The Bertz CT molecular complexity index is 145. The third-order valence-electron chi connectivity index (χ3n) is 1.07. The molecule has 0 unspecified atom stereocenters. The number of rotatable bonds is 3. The third-order valence-corrected chi connectivity index (χ3v) is 1.69. The highest BCUT2D eigenvalue weighted by atomic mass is 32.2. The summed E-state index contributed by atoms with van der Waals surface area (Å²) < 4.78 is 20.2. The lowest BCUT2D eigenvalue weighted by Crippen LogP contribution is -2.06. The molecule has 0 saturated carbocycles. The topological polar surface area (TPSA) is 34.1 Å². The summed E-state index contributed by atoms with van der Waals surface area (Å²) in [5, 5.41) is 0. The highest BCUT2D eigenvalue weighted by Gasteiger charge is 2.09. The van der Waals surface area contributed by atoms with E-state index < -0.39 is 10.7 Å². The van der Waals surface area contributed by atoms with Crippen LogP contribution < -0.4 is 0 Å². The van der Waals surface area contributed by atoms with Crippen LogP contribution in [0.1, 0.15) is 27.2 Å². The molecule has 0 N–H and O–H groups in total. The van der Waals surface area contributed by atoms with E-state index in [4.69, 9.17) is 0 Å². The molecular formula is C7H15O2S. The Balaban J connectivity index is 3.38. The first kappa shape index (κ1) is 9.95. The molecule has 0 aliphatic rings. The molecule has 2 nitrogen and oxygen atoms in total. The van der Waals surface area contributed by atoms with Crippen molar-refractivity contribution < 1.29 is 8.42 Å². The Labute approximate surface area is 64.6 Å². The SMILES string of the molecule is CC(C)(C)[CH]CC[SH](=O)=O. The van der Waals surface area contributed by atoms with Gasteiger partial charge < -0.3 is 0 Å². The summed E-state index contributed by atoms with van der Waals surface area (Å²) in [6, 6.07) is 0. The second kappa shape index (κ2) is 3.96. The molecule has 0 rings (SSSR count). The molecular weight excluding hydrogens is 148 g/mol. The molecule has 61 valence electrons. The van der Waals surface area contributed by atoms with Crippen molar-refractivity contribution in [2.45, 2.75) is 27.2 Å². The maximum Gasteiger partial charge on any atom is 0.140 e. The van der Waals surface area contributed by atoms with E-state index >= 15 is 0 Å². The third kappa shape index (κ3) is 7.95. The van der Waals surface area contributed by atoms with Gasteiger partial charge in [-0.05, 0) is 18.3 Å². The van der Waals surface area contributed by atoms with Crippen LogP contribution in [0.25, 0.3) is 0 Å². The van der Waals surface area contributed by atoms with E-state index in [9.17, 15) is 8.42 Å². The van der Waals surface area contributed by atoms with Crippen molar-refractivity contribution in [3.05, 3.63) is 6.42 Å². The zero-order chi connectivity index (χ0) is 8.20. The molecule has 0 spiro atoms. The molecule has 10 heavy (non-hydrogen) atoms. The lowest BCUT2D eigenvalue weighted by molar-refractivity contribution is 0.479. The van der Waals surface area contributed by atoms with Crippen molar-refractivity contribution >= 4 is 10.7 Å². The van der Waals surface area contributed by atoms with E-state index in [0.717, 1.165) is 0 Å². The first-order valence-electron chi connectivity index (χ1n) is 3.38. The standard InChI is InChI=1S/C7H15O2S/c1-7(2,3)5-4-6-10(8)9/h5,10H,4,6H2,1-3H3. The Morgan fingerprint density at radius 3 is 2.10 bits per heavy atom. The molecule has 0 fully saturated rings. The molecule has 0 aliphatic heterocycles. The van der Waals surface area contributed by atoms with Gasteiger partial charge in [-0.25, -0.2) is 8.42 Å². The summed E-state index contributed by atoms with van der Waals surface area (Å²) in [5.74, 6) is 0.284. The van der Waals surface area contributed by atoms with E-state index in [0.29, 0.717) is 6.42 Å². The zero-order valence-electron chi connectivity index (χ0n) is 6.76. The lowest BCUT2D eigenvalue weighted by atomic mass is 9.91. The molecule has 0 aromatic carbocycles. The first-order chi connectivity index (χ1) is 4.42. The highest BCUT2D eigenvalue weighted by molar-refractivity contribution is 7.72. The van der Waals surface area contributed by atoms with E-state index in [1.165, 1.54) is 0 Å². The average Bonchev–Trinajstić information content (AvgIpc) is 1.59. The van der Waals surface area contributed by atoms with Gasteiger partial charge in [0.25, 0.3) is 0 Å². The van der Waals surface area contributed by atoms with Gasteiger partial charge in [0, 0.05) is 5.75 Å². The number of thiol groups is 1. The van der Waals surface area contributed by atoms with Crippen LogP contribution in [0.15, 0.2) is 0 Å². The van der Waals surface area contributed by atoms with Gasteiger partial charge in [-0.2, -0.15) is 0 Å². The van der Waals surface area contributed by atoms with Crippen LogP contribution in [0, 0.1) is 11.8 Å². The van der Waals surface area contributed by atoms with Gasteiger partial charge in [0.1, 0.15) is 10.7 Å². The molecule has 0 atom stereocenters. The maximum atomic E-state index is 10.1. The van der Waals surface area contributed by atoms with Gasteiger partial charge in [-0.3, -0.25) is 0 Å². The quantitative estimate of drug-likeness (QED) is 0.635. The van der Waals surface area contributed by atoms with Crippen molar-refractivity contribution in [3.63, 3.8) is 0 Å². The summed E-state index contributed by atoms with van der Waals surface area (Å²) in [6.07, 6.45) is 2.69. The van der Waals surface area contributed by atoms with Crippen molar-refractivity contribution in [3.8, 4) is 0 Å². The molecule has 3 heteroatoms. The fourth-order valence-corrected chi connectivity index (χ4v) is 0.943. The van der Waals surface area contributed by atoms with Crippen molar-refractivity contribution in [1.29, 1.82) is 0 Å². The van der Waals surface area contributed by atoms with E-state index in [2.05, 4.69) is 20.8 Å². The predicted molar refractivity (Wildman–Crippen MR) is 43.6 cm³/mol. The largest absolute Gasteiger partial charge is 0.232 e. The van der Waals surface area contributed by atoms with E-state index in [1.54, 1.807) is 0 Å². The Morgan fingerprint density at radius 1 is 1.30 bits per heavy atom. The lowest BCUT2D eigenvalue weighted by Gasteiger charge is -2.15. The van der Waals surface area contributed by atoms with Crippen LogP contribution in [0.2, 0.25) is 0 Å². The summed E-state index contributed by atoms with van der Waals surface area (Å²) >= 11 is 0. The minimum atomic E-state index is -2.18. The van der Waals surface area contributed by atoms with Crippen LogP contribution in [0.4, 0.5) is 0 Å². The van der Waals surface area contributed by atoms with Crippen LogP contribution >= 0.6 is 0 Å². The first-order valence-corrected chi connectivity index (χ1v) is 4.74. The smallest absolute Gasteiger partial charge is 0.140 e. The van der Waals surface area contributed by atoms with Crippen LogP contribution in [0.3, 0.4) is 0 Å². The summed E-state index contributed by atoms with van der Waals surface area (Å²) in [5.41, 5.74) is 0.144. The minimum absolute atomic E-state index is 0.144. The van der Waals surface area contributed by atoms with E-state index in [-0.39, 0.29) is 11.2 Å². The zero-order valence-corrected chi connectivity index (χ0v) is 7.65. The molecule has 0 aromatic rings.